The zero-order valence-electron chi connectivity index (χ0n) is 12.1. The van der Waals surface area contributed by atoms with Crippen molar-refractivity contribution in [3.05, 3.63) is 45.8 Å². The normalized spacial score (nSPS) is 12.0. The van der Waals surface area contributed by atoms with Gasteiger partial charge in [0.05, 0.1) is 11.2 Å². The Kier molecular flexibility index (Phi) is 4.46. The number of hydrogen-bond donors (Lipinski definition) is 1. The molecule has 0 saturated heterocycles. The van der Waals surface area contributed by atoms with Crippen LogP contribution in [-0.4, -0.2) is 19.8 Å². The summed E-state index contributed by atoms with van der Waals surface area (Å²) in [6.07, 6.45) is 1.55. The molecule has 0 spiro atoms. The van der Waals surface area contributed by atoms with Crippen molar-refractivity contribution in [1.29, 1.82) is 0 Å². The monoisotopic (exact) mass is 372 g/mol. The van der Waals surface area contributed by atoms with Crippen LogP contribution in [0.25, 0.3) is 0 Å². The van der Waals surface area contributed by atoms with Gasteiger partial charge in [-0.15, -0.1) is 0 Å². The molecule has 0 radical (unpaired) electrons. The van der Waals surface area contributed by atoms with Crippen molar-refractivity contribution in [3.63, 3.8) is 0 Å². The van der Waals surface area contributed by atoms with Crippen LogP contribution >= 0.6 is 15.9 Å². The van der Waals surface area contributed by atoms with E-state index in [1.165, 1.54) is 11.4 Å². The second-order valence-electron chi connectivity index (χ2n) is 4.88. The molecular formula is C14H17BrN2O3S. The van der Waals surface area contributed by atoms with Gasteiger partial charge in [-0.25, -0.2) is 8.42 Å². The van der Waals surface area contributed by atoms with Crippen LogP contribution in [0.15, 0.2) is 38.2 Å². The van der Waals surface area contributed by atoms with Crippen molar-refractivity contribution in [1.82, 2.24) is 4.31 Å². The van der Waals surface area contributed by atoms with Crippen LogP contribution < -0.4 is 5.73 Å². The Hall–Kier alpha value is -1.31. The number of anilines is 1. The fraction of sp³-hybridized carbons (Fsp3) is 0.286. The van der Waals surface area contributed by atoms with Crippen molar-refractivity contribution < 1.29 is 12.8 Å². The summed E-state index contributed by atoms with van der Waals surface area (Å²) in [6, 6.07) is 5.03. The van der Waals surface area contributed by atoms with Crippen molar-refractivity contribution in [2.45, 2.75) is 25.3 Å². The number of rotatable bonds is 4. The van der Waals surface area contributed by atoms with Gasteiger partial charge in [-0.3, -0.25) is 0 Å². The number of nitrogens with two attached hydrogens (primary N) is 1. The van der Waals surface area contributed by atoms with Gasteiger partial charge in [0.1, 0.15) is 5.76 Å². The molecule has 0 amide bonds. The largest absolute Gasteiger partial charge is 0.469 e. The molecule has 114 valence electrons. The quantitative estimate of drug-likeness (QED) is 0.836. The molecule has 0 aliphatic carbocycles. The molecule has 5 nitrogen and oxygen atoms in total. The van der Waals surface area contributed by atoms with E-state index in [1.807, 2.05) is 0 Å². The third-order valence-electron chi connectivity index (χ3n) is 3.41. The SMILES string of the molecule is Cc1occc1CN(C)S(=O)(=O)c1cc(Br)cc(N)c1C. The van der Waals surface area contributed by atoms with Gasteiger partial charge in [-0.2, -0.15) is 4.31 Å². The Morgan fingerprint density at radius 2 is 2.00 bits per heavy atom. The first-order chi connectivity index (χ1) is 9.73. The fourth-order valence-electron chi connectivity index (χ4n) is 2.01. The average molecular weight is 373 g/mol. The maximum Gasteiger partial charge on any atom is 0.243 e. The minimum absolute atomic E-state index is 0.207. The Labute approximate surface area is 132 Å². The standard InChI is InChI=1S/C14H17BrN2O3S/c1-9-13(16)6-12(15)7-14(9)21(18,19)17(3)8-11-4-5-20-10(11)2/h4-7H,8,16H2,1-3H3. The molecule has 1 aromatic heterocycles. The van der Waals surface area contributed by atoms with Crippen LogP contribution in [0.2, 0.25) is 0 Å². The highest BCUT2D eigenvalue weighted by atomic mass is 79.9. The third-order valence-corrected chi connectivity index (χ3v) is 5.80. The van der Waals surface area contributed by atoms with Crippen molar-refractivity contribution in [2.24, 2.45) is 0 Å². The number of furan rings is 1. The van der Waals surface area contributed by atoms with Gasteiger partial charge >= 0.3 is 0 Å². The number of sulfonamides is 1. The first-order valence-corrected chi connectivity index (χ1v) is 8.51. The summed E-state index contributed by atoms with van der Waals surface area (Å²) in [5.74, 6) is 0.711. The molecule has 0 aliphatic rings. The van der Waals surface area contributed by atoms with Crippen LogP contribution in [0, 0.1) is 13.8 Å². The molecule has 1 aromatic carbocycles. The van der Waals surface area contributed by atoms with E-state index in [-0.39, 0.29) is 11.4 Å². The zero-order valence-corrected chi connectivity index (χ0v) is 14.5. The molecule has 2 N–H and O–H groups in total. The lowest BCUT2D eigenvalue weighted by molar-refractivity contribution is 0.458. The minimum atomic E-state index is -3.63. The molecule has 0 atom stereocenters. The molecule has 0 saturated carbocycles. The van der Waals surface area contributed by atoms with E-state index in [9.17, 15) is 8.42 Å². The molecular weight excluding hydrogens is 356 g/mol. The molecule has 0 bridgehead atoms. The van der Waals surface area contributed by atoms with Gasteiger partial charge in [-0.05, 0) is 37.6 Å². The lowest BCUT2D eigenvalue weighted by Gasteiger charge is -2.19. The molecule has 21 heavy (non-hydrogen) atoms. The summed E-state index contributed by atoms with van der Waals surface area (Å²) in [5, 5.41) is 0. The van der Waals surface area contributed by atoms with E-state index in [4.69, 9.17) is 10.2 Å². The average Bonchev–Trinajstić information content (AvgIpc) is 2.79. The molecule has 7 heteroatoms. The van der Waals surface area contributed by atoms with E-state index in [2.05, 4.69) is 15.9 Å². The summed E-state index contributed by atoms with van der Waals surface area (Å²) < 4.78 is 32.6. The van der Waals surface area contributed by atoms with Gasteiger partial charge in [-0.1, -0.05) is 15.9 Å². The first kappa shape index (κ1) is 16.1. The summed E-state index contributed by atoms with van der Waals surface area (Å²) in [5.41, 5.74) is 7.68. The summed E-state index contributed by atoms with van der Waals surface area (Å²) in [6.45, 7) is 3.75. The van der Waals surface area contributed by atoms with Crippen molar-refractivity contribution in [2.75, 3.05) is 12.8 Å². The maximum absolute atomic E-state index is 12.7. The van der Waals surface area contributed by atoms with Gasteiger partial charge in [0, 0.05) is 29.3 Å². The van der Waals surface area contributed by atoms with E-state index in [0.29, 0.717) is 21.5 Å². The van der Waals surface area contributed by atoms with E-state index in [1.54, 1.807) is 38.3 Å². The van der Waals surface area contributed by atoms with E-state index in [0.717, 1.165) is 5.56 Å². The highest BCUT2D eigenvalue weighted by molar-refractivity contribution is 9.10. The molecule has 0 fully saturated rings. The molecule has 2 aromatic rings. The van der Waals surface area contributed by atoms with Crippen molar-refractivity contribution >= 4 is 31.6 Å². The maximum atomic E-state index is 12.7. The van der Waals surface area contributed by atoms with Crippen LogP contribution in [0.4, 0.5) is 5.69 Å². The molecule has 2 rings (SSSR count). The van der Waals surface area contributed by atoms with Gasteiger partial charge in [0.15, 0.2) is 0 Å². The zero-order chi connectivity index (χ0) is 15.8. The van der Waals surface area contributed by atoms with Crippen molar-refractivity contribution in [3.8, 4) is 0 Å². The highest BCUT2D eigenvalue weighted by Crippen LogP contribution is 2.29. The topological polar surface area (TPSA) is 76.5 Å². The van der Waals surface area contributed by atoms with Gasteiger partial charge in [0.25, 0.3) is 0 Å². The Morgan fingerprint density at radius 3 is 2.57 bits per heavy atom. The van der Waals surface area contributed by atoms with Crippen LogP contribution in [0.1, 0.15) is 16.9 Å². The Bertz CT molecular complexity index is 769. The Balaban J connectivity index is 2.40. The first-order valence-electron chi connectivity index (χ1n) is 6.28. The van der Waals surface area contributed by atoms with E-state index >= 15 is 0 Å². The summed E-state index contributed by atoms with van der Waals surface area (Å²) in [4.78, 5) is 0.207. The van der Waals surface area contributed by atoms with Crippen LogP contribution in [0.3, 0.4) is 0 Å². The smallest absolute Gasteiger partial charge is 0.243 e. The molecule has 1 heterocycles. The number of hydrogen-bond acceptors (Lipinski definition) is 4. The van der Waals surface area contributed by atoms with Crippen LogP contribution in [-0.2, 0) is 16.6 Å². The second-order valence-corrected chi connectivity index (χ2v) is 7.81. The van der Waals surface area contributed by atoms with Crippen LogP contribution in [0.5, 0.6) is 0 Å². The van der Waals surface area contributed by atoms with Gasteiger partial charge in [0.2, 0.25) is 10.0 Å². The number of halogens is 1. The predicted octanol–water partition coefficient (Wildman–Crippen LogP) is 3.06. The number of nitrogens with zero attached hydrogens (tertiary/aromatic N) is 1. The number of benzene rings is 1. The predicted molar refractivity (Wildman–Crippen MR) is 85.4 cm³/mol. The molecule has 0 unspecified atom stereocenters. The third kappa shape index (κ3) is 3.14. The lowest BCUT2D eigenvalue weighted by Crippen LogP contribution is -2.27. The minimum Gasteiger partial charge on any atom is -0.469 e. The second kappa shape index (κ2) is 5.82. The highest BCUT2D eigenvalue weighted by Gasteiger charge is 2.25. The lowest BCUT2D eigenvalue weighted by atomic mass is 10.2. The summed E-state index contributed by atoms with van der Waals surface area (Å²) >= 11 is 3.28. The number of nitrogen functional groups attached to an aromatic ring is 1. The Morgan fingerprint density at radius 1 is 1.33 bits per heavy atom. The molecule has 0 aliphatic heterocycles. The van der Waals surface area contributed by atoms with Gasteiger partial charge < -0.3 is 10.2 Å². The summed E-state index contributed by atoms with van der Waals surface area (Å²) in [7, 11) is -2.09. The fourth-order valence-corrected chi connectivity index (χ4v) is 4.06. The number of aryl methyl sites for hydroxylation is 1. The van der Waals surface area contributed by atoms with E-state index < -0.39 is 10.0 Å².